The highest BCUT2D eigenvalue weighted by atomic mass is 16.5. The van der Waals surface area contributed by atoms with Crippen molar-refractivity contribution in [2.75, 3.05) is 0 Å². The Morgan fingerprint density at radius 3 is 2.76 bits per heavy atom. The second-order valence-electron chi connectivity index (χ2n) is 4.39. The summed E-state index contributed by atoms with van der Waals surface area (Å²) in [6.07, 6.45) is 0.562. The number of carbonyl (C=O) groups is 1. The molecule has 1 aromatic rings. The summed E-state index contributed by atoms with van der Waals surface area (Å²) in [5, 5.41) is 4.08. The van der Waals surface area contributed by atoms with Crippen LogP contribution in [0.2, 0.25) is 1.43 Å². The Bertz CT molecular complexity index is 357. The zero-order valence-corrected chi connectivity index (χ0v) is 10.2. The van der Waals surface area contributed by atoms with Crippen LogP contribution in [-0.2, 0) is 16.1 Å². The van der Waals surface area contributed by atoms with E-state index in [-0.39, 0.29) is 6.61 Å². The summed E-state index contributed by atoms with van der Waals surface area (Å²) in [7, 11) is 0. The SMILES string of the molecule is [2H]ON[C@@H](CC(C)C)C(=O)OCc1ccccc1. The molecule has 1 atom stereocenters. The van der Waals surface area contributed by atoms with E-state index in [9.17, 15) is 4.79 Å². The van der Waals surface area contributed by atoms with E-state index in [1.54, 1.807) is 0 Å². The Labute approximate surface area is 103 Å². The van der Waals surface area contributed by atoms with Crippen molar-refractivity contribution in [3.05, 3.63) is 35.9 Å². The molecule has 0 saturated heterocycles. The van der Waals surface area contributed by atoms with Gasteiger partial charge in [0, 0.05) is 0 Å². The van der Waals surface area contributed by atoms with Crippen molar-refractivity contribution in [3.63, 3.8) is 0 Å². The molecule has 0 heterocycles. The van der Waals surface area contributed by atoms with Crippen LogP contribution in [0.25, 0.3) is 0 Å². The van der Waals surface area contributed by atoms with E-state index in [1.165, 1.54) is 0 Å². The maximum Gasteiger partial charge on any atom is 0.325 e. The number of hydroxylamine groups is 1. The summed E-state index contributed by atoms with van der Waals surface area (Å²) in [5.41, 5.74) is 3.27. The van der Waals surface area contributed by atoms with Gasteiger partial charge in [0.05, 0.1) is 0 Å². The number of hydrogen-bond donors (Lipinski definition) is 2. The van der Waals surface area contributed by atoms with Gasteiger partial charge < -0.3 is 9.95 Å². The largest absolute Gasteiger partial charge is 0.460 e. The van der Waals surface area contributed by atoms with Crippen molar-refractivity contribution in [1.29, 1.82) is 0 Å². The topological polar surface area (TPSA) is 58.6 Å². The molecule has 0 spiro atoms. The van der Waals surface area contributed by atoms with Crippen LogP contribution in [0.15, 0.2) is 30.3 Å². The summed E-state index contributed by atoms with van der Waals surface area (Å²) in [4.78, 5) is 11.8. The minimum Gasteiger partial charge on any atom is -0.460 e. The molecule has 94 valence electrons. The third kappa shape index (κ3) is 4.97. The average Bonchev–Trinajstić information content (AvgIpc) is 2.36. The molecular weight excluding hydrogens is 218 g/mol. The van der Waals surface area contributed by atoms with E-state index in [4.69, 9.17) is 6.17 Å². The van der Waals surface area contributed by atoms with Crippen molar-refractivity contribution in [2.24, 2.45) is 5.92 Å². The number of ether oxygens (including phenoxy) is 1. The normalized spacial score (nSPS) is 13.2. The van der Waals surface area contributed by atoms with Crippen LogP contribution in [0.5, 0.6) is 0 Å². The van der Waals surface area contributed by atoms with Crippen molar-refractivity contribution >= 4 is 5.97 Å². The Balaban J connectivity index is 2.46. The minimum absolute atomic E-state index is 0.230. The molecule has 0 aliphatic heterocycles. The molecule has 0 fully saturated rings. The predicted octanol–water partition coefficient (Wildman–Crippen LogP) is 2.12. The van der Waals surface area contributed by atoms with Gasteiger partial charge in [0.25, 0.3) is 0 Å². The van der Waals surface area contributed by atoms with Gasteiger partial charge in [0.1, 0.15) is 12.6 Å². The van der Waals surface area contributed by atoms with Gasteiger partial charge in [-0.15, -0.1) is 0 Å². The first kappa shape index (κ1) is 12.1. The predicted molar refractivity (Wildman–Crippen MR) is 64.4 cm³/mol. The fourth-order valence-corrected chi connectivity index (χ4v) is 1.49. The number of hydrogen-bond acceptors (Lipinski definition) is 4. The number of nitrogens with one attached hydrogen (secondary N) is 1. The third-order valence-corrected chi connectivity index (χ3v) is 2.36. The smallest absolute Gasteiger partial charge is 0.325 e. The highest BCUT2D eigenvalue weighted by molar-refractivity contribution is 5.75. The lowest BCUT2D eigenvalue weighted by molar-refractivity contribution is -0.151. The zero-order valence-electron chi connectivity index (χ0n) is 11.2. The highest BCUT2D eigenvalue weighted by Crippen LogP contribution is 2.08. The lowest BCUT2D eigenvalue weighted by Gasteiger charge is -2.16. The lowest BCUT2D eigenvalue weighted by Crippen LogP contribution is -2.37. The van der Waals surface area contributed by atoms with E-state index in [0.717, 1.165) is 5.56 Å². The quantitative estimate of drug-likeness (QED) is 0.564. The standard InChI is InChI=1S/C13H19NO3/c1-10(2)8-12(14-16)13(15)17-9-11-6-4-3-5-7-11/h3-7,10,12,14,16H,8-9H2,1-2H3/t12-/m0/s1/i16D. The molecule has 0 unspecified atom stereocenters. The van der Waals surface area contributed by atoms with Crippen LogP contribution in [-0.4, -0.2) is 17.2 Å². The van der Waals surface area contributed by atoms with E-state index in [0.29, 0.717) is 12.3 Å². The monoisotopic (exact) mass is 238 g/mol. The number of rotatable bonds is 7. The van der Waals surface area contributed by atoms with Gasteiger partial charge >= 0.3 is 5.97 Å². The van der Waals surface area contributed by atoms with Gasteiger partial charge in [0.2, 0.25) is 1.43 Å². The summed E-state index contributed by atoms with van der Waals surface area (Å²) < 4.78 is 11.8. The molecule has 4 heteroatoms. The third-order valence-electron chi connectivity index (χ3n) is 2.36. The maximum atomic E-state index is 11.8. The Kier molecular flexibility index (Phi) is 5.00. The van der Waals surface area contributed by atoms with Crippen LogP contribution in [0, 0.1) is 5.92 Å². The summed E-state index contributed by atoms with van der Waals surface area (Å²) in [5.74, 6) is -0.0956. The van der Waals surface area contributed by atoms with Crippen molar-refractivity contribution in [1.82, 2.24) is 5.48 Å². The molecule has 0 amide bonds. The van der Waals surface area contributed by atoms with Crippen LogP contribution in [0.1, 0.15) is 25.8 Å². The minimum atomic E-state index is -0.605. The van der Waals surface area contributed by atoms with Crippen molar-refractivity contribution < 1.29 is 16.2 Å². The van der Waals surface area contributed by atoms with Gasteiger partial charge in [-0.25, -0.2) is 0 Å². The Hall–Kier alpha value is -1.39. The summed E-state index contributed by atoms with van der Waals surface area (Å²) in [6, 6.07) is 8.85. The highest BCUT2D eigenvalue weighted by Gasteiger charge is 2.20. The molecule has 0 radical (unpaired) electrons. The molecule has 1 aromatic carbocycles. The van der Waals surface area contributed by atoms with E-state index in [1.807, 2.05) is 44.2 Å². The van der Waals surface area contributed by atoms with Crippen LogP contribution < -0.4 is 5.48 Å². The van der Waals surface area contributed by atoms with Crippen molar-refractivity contribution in [3.8, 4) is 0 Å². The molecule has 0 bridgehead atoms. The Morgan fingerprint density at radius 1 is 1.47 bits per heavy atom. The molecule has 0 saturated carbocycles. The zero-order chi connectivity index (χ0) is 13.4. The number of benzene rings is 1. The van der Waals surface area contributed by atoms with Gasteiger partial charge in [-0.1, -0.05) is 44.2 Å². The van der Waals surface area contributed by atoms with E-state index in [2.05, 4.69) is 10.7 Å². The average molecular weight is 238 g/mol. The molecular formula is C13H19NO3. The Morgan fingerprint density at radius 2 is 2.18 bits per heavy atom. The van der Waals surface area contributed by atoms with Gasteiger partial charge in [0.15, 0.2) is 0 Å². The molecule has 0 aromatic heterocycles. The van der Waals surface area contributed by atoms with Crippen LogP contribution in [0.4, 0.5) is 0 Å². The molecule has 4 nitrogen and oxygen atoms in total. The number of esters is 1. The van der Waals surface area contributed by atoms with Gasteiger partial charge in [-0.05, 0) is 17.9 Å². The first-order valence-electron chi connectivity index (χ1n) is 6.12. The van der Waals surface area contributed by atoms with Gasteiger partial charge in [-0.2, -0.15) is 5.48 Å². The van der Waals surface area contributed by atoms with Crippen molar-refractivity contribution in [2.45, 2.75) is 32.9 Å². The summed E-state index contributed by atoms with van der Waals surface area (Å²) >= 11 is 0. The first-order valence-corrected chi connectivity index (χ1v) is 5.71. The number of carbonyl (C=O) groups excluding carboxylic acids is 1. The van der Waals surface area contributed by atoms with E-state index < -0.39 is 12.0 Å². The molecule has 1 rings (SSSR count). The van der Waals surface area contributed by atoms with Crippen LogP contribution in [0.3, 0.4) is 0 Å². The second-order valence-corrected chi connectivity index (χ2v) is 4.39. The molecule has 0 aliphatic carbocycles. The molecule has 2 N–H and O–H groups in total. The summed E-state index contributed by atoms with van der Waals surface area (Å²) in [6.45, 7) is 4.21. The first-order chi connectivity index (χ1) is 8.63. The fraction of sp³-hybridized carbons (Fsp3) is 0.462. The molecule has 0 aliphatic rings. The molecule has 17 heavy (non-hydrogen) atoms. The maximum absolute atomic E-state index is 11.8. The van der Waals surface area contributed by atoms with E-state index >= 15 is 0 Å². The lowest BCUT2D eigenvalue weighted by atomic mass is 10.0. The second kappa shape index (κ2) is 7.04. The van der Waals surface area contributed by atoms with Crippen LogP contribution >= 0.6 is 0 Å². The van der Waals surface area contributed by atoms with Gasteiger partial charge in [-0.3, -0.25) is 4.79 Å². The fourth-order valence-electron chi connectivity index (χ4n) is 1.49.